The summed E-state index contributed by atoms with van der Waals surface area (Å²) in [5.41, 5.74) is 8.10. The Kier molecular flexibility index (Phi) is 4.16. The summed E-state index contributed by atoms with van der Waals surface area (Å²) in [5, 5.41) is 1.00. The van der Waals surface area contributed by atoms with Crippen LogP contribution in [0.1, 0.15) is 44.2 Å². The number of methoxy groups -OCH3 is 1. The predicted molar refractivity (Wildman–Crippen MR) is 85.4 cm³/mol. The van der Waals surface area contributed by atoms with Gasteiger partial charge in [0.15, 0.2) is 0 Å². The van der Waals surface area contributed by atoms with Crippen LogP contribution in [-0.2, 0) is 5.54 Å². The number of hydrogen-bond donors (Lipinski definition) is 1. The van der Waals surface area contributed by atoms with Gasteiger partial charge in [-0.25, -0.2) is 4.98 Å². The van der Waals surface area contributed by atoms with Crippen LogP contribution in [0.4, 0.5) is 0 Å². The van der Waals surface area contributed by atoms with Crippen molar-refractivity contribution in [3.63, 3.8) is 0 Å². The largest absolute Gasteiger partial charge is 0.497 e. The summed E-state index contributed by atoms with van der Waals surface area (Å²) in [6, 6.07) is 7.99. The molecule has 2 aromatic rings. The molecule has 1 aromatic carbocycles. The lowest BCUT2D eigenvalue weighted by molar-refractivity contribution is 0.415. The van der Waals surface area contributed by atoms with E-state index in [1.807, 2.05) is 32.0 Å². The van der Waals surface area contributed by atoms with Gasteiger partial charge in [0.25, 0.3) is 0 Å². The van der Waals surface area contributed by atoms with E-state index in [-0.39, 0.29) is 5.54 Å². The molecule has 0 saturated heterocycles. The van der Waals surface area contributed by atoms with Gasteiger partial charge in [0.1, 0.15) is 10.8 Å². The van der Waals surface area contributed by atoms with E-state index in [0.29, 0.717) is 5.92 Å². The zero-order chi connectivity index (χ0) is 14.9. The van der Waals surface area contributed by atoms with Crippen LogP contribution in [-0.4, -0.2) is 12.1 Å². The molecule has 1 aromatic heterocycles. The van der Waals surface area contributed by atoms with E-state index in [1.54, 1.807) is 18.4 Å². The summed E-state index contributed by atoms with van der Waals surface area (Å²) in [6.45, 7) is 8.36. The van der Waals surface area contributed by atoms with E-state index in [4.69, 9.17) is 15.5 Å². The van der Waals surface area contributed by atoms with Gasteiger partial charge in [-0.2, -0.15) is 0 Å². The molecule has 20 heavy (non-hydrogen) atoms. The monoisotopic (exact) mass is 290 g/mol. The first-order valence-electron chi connectivity index (χ1n) is 6.77. The molecule has 1 heterocycles. The Morgan fingerprint density at radius 3 is 2.50 bits per heavy atom. The van der Waals surface area contributed by atoms with Gasteiger partial charge < -0.3 is 10.5 Å². The maximum atomic E-state index is 6.29. The van der Waals surface area contributed by atoms with Gasteiger partial charge in [-0.1, -0.05) is 26.0 Å². The van der Waals surface area contributed by atoms with Crippen LogP contribution in [0.15, 0.2) is 24.3 Å². The second kappa shape index (κ2) is 5.54. The molecule has 0 bridgehead atoms. The van der Waals surface area contributed by atoms with E-state index < -0.39 is 0 Å². The quantitative estimate of drug-likeness (QED) is 0.920. The molecular weight excluding hydrogens is 268 g/mol. The minimum atomic E-state index is -0.367. The smallest absolute Gasteiger partial charge is 0.124 e. The molecular formula is C16H22N2OS. The van der Waals surface area contributed by atoms with Crippen LogP contribution >= 0.6 is 11.3 Å². The zero-order valence-corrected chi connectivity index (χ0v) is 13.5. The van der Waals surface area contributed by atoms with Crippen molar-refractivity contribution in [3.05, 3.63) is 34.8 Å². The van der Waals surface area contributed by atoms with Crippen molar-refractivity contribution in [3.8, 4) is 16.3 Å². The lowest BCUT2D eigenvalue weighted by Crippen LogP contribution is -2.28. The van der Waals surface area contributed by atoms with Gasteiger partial charge in [-0.15, -0.1) is 11.3 Å². The van der Waals surface area contributed by atoms with Crippen molar-refractivity contribution < 1.29 is 4.74 Å². The summed E-state index contributed by atoms with van der Waals surface area (Å²) < 4.78 is 5.28. The van der Waals surface area contributed by atoms with Gasteiger partial charge in [-0.05, 0) is 31.9 Å². The number of rotatable bonds is 4. The molecule has 2 N–H and O–H groups in total. The molecule has 0 aliphatic carbocycles. The Morgan fingerprint density at radius 1 is 1.30 bits per heavy atom. The second-order valence-electron chi connectivity index (χ2n) is 5.84. The fraction of sp³-hybridized carbons (Fsp3) is 0.438. The molecule has 0 saturated carbocycles. The van der Waals surface area contributed by atoms with Crippen LogP contribution < -0.4 is 10.5 Å². The minimum absolute atomic E-state index is 0.364. The van der Waals surface area contributed by atoms with E-state index in [1.165, 1.54) is 0 Å². The maximum Gasteiger partial charge on any atom is 0.124 e. The highest BCUT2D eigenvalue weighted by molar-refractivity contribution is 7.15. The van der Waals surface area contributed by atoms with Crippen LogP contribution in [0.5, 0.6) is 5.75 Å². The van der Waals surface area contributed by atoms with Crippen molar-refractivity contribution in [2.24, 2.45) is 5.73 Å². The first kappa shape index (κ1) is 15.0. The van der Waals surface area contributed by atoms with E-state index in [0.717, 1.165) is 26.9 Å². The third kappa shape index (κ3) is 3.02. The normalized spacial score (nSPS) is 11.9. The van der Waals surface area contributed by atoms with Gasteiger partial charge in [0.2, 0.25) is 0 Å². The van der Waals surface area contributed by atoms with Crippen LogP contribution in [0.3, 0.4) is 0 Å². The molecule has 4 heteroatoms. The summed E-state index contributed by atoms with van der Waals surface area (Å²) in [7, 11) is 1.68. The maximum absolute atomic E-state index is 6.29. The Labute approximate surface area is 124 Å². The number of aromatic nitrogens is 1. The van der Waals surface area contributed by atoms with Gasteiger partial charge in [-0.3, -0.25) is 0 Å². The molecule has 0 atom stereocenters. The highest BCUT2D eigenvalue weighted by Crippen LogP contribution is 2.37. The summed E-state index contributed by atoms with van der Waals surface area (Å²) in [5.74, 6) is 1.21. The summed E-state index contributed by atoms with van der Waals surface area (Å²) in [4.78, 5) is 5.96. The minimum Gasteiger partial charge on any atom is -0.497 e. The van der Waals surface area contributed by atoms with Crippen LogP contribution in [0.2, 0.25) is 0 Å². The first-order chi connectivity index (χ1) is 9.32. The molecule has 108 valence electrons. The molecule has 0 radical (unpaired) electrons. The highest BCUT2D eigenvalue weighted by atomic mass is 32.1. The Morgan fingerprint density at radius 2 is 2.00 bits per heavy atom. The Bertz CT molecular complexity index is 597. The fourth-order valence-corrected chi connectivity index (χ4v) is 3.30. The molecule has 0 unspecified atom stereocenters. The lowest BCUT2D eigenvalue weighted by Gasteiger charge is -2.19. The number of nitrogens with two attached hydrogens (primary N) is 1. The number of hydrogen-bond acceptors (Lipinski definition) is 4. The third-order valence-corrected chi connectivity index (χ3v) is 4.56. The number of benzene rings is 1. The van der Waals surface area contributed by atoms with Crippen molar-refractivity contribution in [1.29, 1.82) is 0 Å². The topological polar surface area (TPSA) is 48.1 Å². The molecule has 0 aliphatic heterocycles. The fourth-order valence-electron chi connectivity index (χ4n) is 2.06. The molecule has 2 rings (SSSR count). The Balaban J connectivity index is 2.53. The van der Waals surface area contributed by atoms with Crippen molar-refractivity contribution >= 4 is 11.3 Å². The third-order valence-electron chi connectivity index (χ3n) is 3.10. The molecule has 0 amide bonds. The molecule has 0 spiro atoms. The number of ether oxygens (including phenoxy) is 1. The zero-order valence-electron chi connectivity index (χ0n) is 12.7. The van der Waals surface area contributed by atoms with Gasteiger partial charge >= 0.3 is 0 Å². The highest BCUT2D eigenvalue weighted by Gasteiger charge is 2.25. The number of thiazole rings is 1. The van der Waals surface area contributed by atoms with Crippen molar-refractivity contribution in [1.82, 2.24) is 4.98 Å². The van der Waals surface area contributed by atoms with Crippen LogP contribution in [0.25, 0.3) is 10.6 Å². The Hall–Kier alpha value is -1.39. The van der Waals surface area contributed by atoms with E-state index >= 15 is 0 Å². The SMILES string of the molecule is COc1cccc(-c2nc(C(C)C)c(C(C)(C)N)s2)c1. The first-order valence-corrected chi connectivity index (χ1v) is 7.59. The van der Waals surface area contributed by atoms with Gasteiger partial charge in [0.05, 0.1) is 12.8 Å². The second-order valence-corrected chi connectivity index (χ2v) is 6.84. The average molecular weight is 290 g/mol. The lowest BCUT2D eigenvalue weighted by atomic mass is 9.98. The number of nitrogens with zero attached hydrogens (tertiary/aromatic N) is 1. The van der Waals surface area contributed by atoms with Crippen LogP contribution in [0, 0.1) is 0 Å². The average Bonchev–Trinajstić information content (AvgIpc) is 2.84. The van der Waals surface area contributed by atoms with E-state index in [9.17, 15) is 0 Å². The van der Waals surface area contributed by atoms with E-state index in [2.05, 4.69) is 19.9 Å². The summed E-state index contributed by atoms with van der Waals surface area (Å²) >= 11 is 1.68. The van der Waals surface area contributed by atoms with Gasteiger partial charge in [0, 0.05) is 16.0 Å². The van der Waals surface area contributed by atoms with Crippen molar-refractivity contribution in [2.75, 3.05) is 7.11 Å². The predicted octanol–water partition coefficient (Wildman–Crippen LogP) is 4.14. The van der Waals surface area contributed by atoms with Crippen molar-refractivity contribution in [2.45, 2.75) is 39.2 Å². The molecule has 0 fully saturated rings. The molecule has 3 nitrogen and oxygen atoms in total. The summed E-state index contributed by atoms with van der Waals surface area (Å²) in [6.07, 6.45) is 0. The molecule has 0 aliphatic rings. The standard InChI is InChI=1S/C16H22N2OS/c1-10(2)13-14(16(3,4)17)20-15(18-13)11-7-6-8-12(9-11)19-5/h6-10H,17H2,1-5H3.